The third kappa shape index (κ3) is 1.19. The van der Waals surface area contributed by atoms with Gasteiger partial charge in [0, 0.05) is 0 Å². The minimum atomic E-state index is 0.640. The molecule has 0 amide bonds. The number of aromatic nitrogens is 1. The number of nitrogens with zero attached hydrogens (tertiary/aromatic N) is 1. The van der Waals surface area contributed by atoms with Gasteiger partial charge in [0.2, 0.25) is 0 Å². The van der Waals surface area contributed by atoms with Gasteiger partial charge in [0.25, 0.3) is 0 Å². The molecule has 1 heterocycles. The molecule has 0 spiro atoms. The zero-order valence-corrected chi connectivity index (χ0v) is 6.90. The van der Waals surface area contributed by atoms with Gasteiger partial charge in [-0.2, -0.15) is 0 Å². The fourth-order valence-corrected chi connectivity index (χ4v) is 1.53. The SMILES string of the molecule is C/C=c1/nc(N)s/c1=C/C. The summed E-state index contributed by atoms with van der Waals surface area (Å²) >= 11 is 1.52. The Balaban J connectivity index is 3.53. The van der Waals surface area contributed by atoms with Gasteiger partial charge in [0.05, 0.1) is 9.88 Å². The Morgan fingerprint density at radius 2 is 2.10 bits per heavy atom. The minimum absolute atomic E-state index is 0.640. The Morgan fingerprint density at radius 1 is 1.40 bits per heavy atom. The van der Waals surface area contributed by atoms with Crippen LogP contribution < -0.4 is 15.6 Å². The van der Waals surface area contributed by atoms with Crippen molar-refractivity contribution in [1.29, 1.82) is 0 Å². The monoisotopic (exact) mass is 154 g/mol. The average molecular weight is 154 g/mol. The zero-order chi connectivity index (χ0) is 7.56. The lowest BCUT2D eigenvalue weighted by atomic mass is 10.5. The van der Waals surface area contributed by atoms with Gasteiger partial charge in [-0.1, -0.05) is 23.5 Å². The van der Waals surface area contributed by atoms with Crippen molar-refractivity contribution in [1.82, 2.24) is 4.98 Å². The molecule has 54 valence electrons. The van der Waals surface area contributed by atoms with Crippen LogP contribution in [0.5, 0.6) is 0 Å². The fraction of sp³-hybridized carbons (Fsp3) is 0.286. The molecule has 1 aromatic heterocycles. The quantitative estimate of drug-likeness (QED) is 0.584. The molecule has 1 aromatic rings. The Morgan fingerprint density at radius 3 is 2.50 bits per heavy atom. The van der Waals surface area contributed by atoms with Gasteiger partial charge in [-0.05, 0) is 13.8 Å². The van der Waals surface area contributed by atoms with Crippen molar-refractivity contribution in [3.05, 3.63) is 9.88 Å². The summed E-state index contributed by atoms with van der Waals surface area (Å²) in [5.74, 6) is 0. The highest BCUT2D eigenvalue weighted by Crippen LogP contribution is 1.93. The predicted molar refractivity (Wildman–Crippen MR) is 46.1 cm³/mol. The molecule has 2 N–H and O–H groups in total. The van der Waals surface area contributed by atoms with Gasteiger partial charge < -0.3 is 5.73 Å². The minimum Gasteiger partial charge on any atom is -0.375 e. The molecule has 0 radical (unpaired) electrons. The van der Waals surface area contributed by atoms with Crippen molar-refractivity contribution in [3.8, 4) is 0 Å². The van der Waals surface area contributed by atoms with E-state index >= 15 is 0 Å². The molecule has 1 rings (SSSR count). The maximum Gasteiger partial charge on any atom is 0.181 e. The van der Waals surface area contributed by atoms with Crippen molar-refractivity contribution in [3.63, 3.8) is 0 Å². The van der Waals surface area contributed by atoms with Crippen LogP contribution >= 0.6 is 11.3 Å². The van der Waals surface area contributed by atoms with E-state index < -0.39 is 0 Å². The highest BCUT2D eigenvalue weighted by molar-refractivity contribution is 7.13. The second kappa shape index (κ2) is 2.84. The van der Waals surface area contributed by atoms with Crippen molar-refractivity contribution >= 4 is 28.6 Å². The Kier molecular flexibility index (Phi) is 2.06. The second-order valence-corrected chi connectivity index (χ2v) is 2.94. The molecular formula is C7H10N2S. The van der Waals surface area contributed by atoms with E-state index in [2.05, 4.69) is 4.98 Å². The van der Waals surface area contributed by atoms with Crippen LogP contribution in [0.2, 0.25) is 0 Å². The van der Waals surface area contributed by atoms with E-state index in [1.165, 1.54) is 11.3 Å². The molecule has 0 aliphatic rings. The Bertz CT molecular complexity index is 292. The number of hydrogen-bond donors (Lipinski definition) is 1. The third-order valence-electron chi connectivity index (χ3n) is 1.23. The average Bonchev–Trinajstić information content (AvgIpc) is 2.30. The summed E-state index contributed by atoms with van der Waals surface area (Å²) in [5.41, 5.74) is 5.50. The zero-order valence-electron chi connectivity index (χ0n) is 6.09. The normalized spacial score (nSPS) is 14.6. The highest BCUT2D eigenvalue weighted by atomic mass is 32.1. The van der Waals surface area contributed by atoms with Crippen molar-refractivity contribution in [2.45, 2.75) is 13.8 Å². The molecule has 0 saturated heterocycles. The highest BCUT2D eigenvalue weighted by Gasteiger charge is 1.90. The van der Waals surface area contributed by atoms with Crippen molar-refractivity contribution < 1.29 is 0 Å². The first kappa shape index (κ1) is 7.28. The predicted octanol–water partition coefficient (Wildman–Crippen LogP) is 0.326. The van der Waals surface area contributed by atoms with Gasteiger partial charge in [-0.25, -0.2) is 4.98 Å². The molecule has 10 heavy (non-hydrogen) atoms. The van der Waals surface area contributed by atoms with E-state index in [1.54, 1.807) is 0 Å². The summed E-state index contributed by atoms with van der Waals surface area (Å²) < 4.78 is 1.15. The number of hydrogen-bond acceptors (Lipinski definition) is 3. The first-order chi connectivity index (χ1) is 4.77. The molecule has 0 unspecified atom stereocenters. The van der Waals surface area contributed by atoms with Gasteiger partial charge >= 0.3 is 0 Å². The number of nitrogen functional groups attached to an aromatic ring is 1. The van der Waals surface area contributed by atoms with Crippen LogP contribution in [0.3, 0.4) is 0 Å². The summed E-state index contributed by atoms with van der Waals surface area (Å²) in [6, 6.07) is 0. The summed E-state index contributed by atoms with van der Waals surface area (Å²) in [4.78, 5) is 4.11. The Labute approximate surface area is 63.7 Å². The summed E-state index contributed by atoms with van der Waals surface area (Å²) in [7, 11) is 0. The van der Waals surface area contributed by atoms with Crippen LogP contribution in [-0.2, 0) is 0 Å². The van der Waals surface area contributed by atoms with E-state index in [-0.39, 0.29) is 0 Å². The van der Waals surface area contributed by atoms with Crippen LogP contribution in [0, 0.1) is 0 Å². The van der Waals surface area contributed by atoms with E-state index in [1.807, 2.05) is 26.0 Å². The van der Waals surface area contributed by atoms with Gasteiger partial charge in [0.15, 0.2) is 5.13 Å². The maximum absolute atomic E-state index is 5.50. The molecular weight excluding hydrogens is 144 g/mol. The van der Waals surface area contributed by atoms with Gasteiger partial charge in [-0.3, -0.25) is 0 Å². The summed E-state index contributed by atoms with van der Waals surface area (Å²) in [5, 5.41) is 1.63. The second-order valence-electron chi connectivity index (χ2n) is 1.88. The summed E-state index contributed by atoms with van der Waals surface area (Å²) in [6.45, 7) is 3.95. The molecule has 0 atom stereocenters. The van der Waals surface area contributed by atoms with Crippen LogP contribution in [-0.4, -0.2) is 4.98 Å². The lowest BCUT2D eigenvalue weighted by Gasteiger charge is -1.70. The number of rotatable bonds is 0. The molecule has 0 aliphatic heterocycles. The van der Waals surface area contributed by atoms with E-state index in [9.17, 15) is 0 Å². The number of anilines is 1. The molecule has 0 fully saturated rings. The van der Waals surface area contributed by atoms with E-state index in [0.29, 0.717) is 5.13 Å². The first-order valence-corrected chi connectivity index (χ1v) is 3.94. The summed E-state index contributed by atoms with van der Waals surface area (Å²) in [6.07, 6.45) is 3.98. The van der Waals surface area contributed by atoms with Gasteiger partial charge in [-0.15, -0.1) is 0 Å². The van der Waals surface area contributed by atoms with Crippen LogP contribution in [0.4, 0.5) is 5.13 Å². The largest absolute Gasteiger partial charge is 0.375 e. The lowest BCUT2D eigenvalue weighted by molar-refractivity contribution is 1.31. The van der Waals surface area contributed by atoms with E-state index in [0.717, 1.165) is 9.88 Å². The molecule has 0 bridgehead atoms. The topological polar surface area (TPSA) is 38.9 Å². The van der Waals surface area contributed by atoms with Crippen molar-refractivity contribution in [2.75, 3.05) is 5.73 Å². The van der Waals surface area contributed by atoms with Crippen LogP contribution in [0.15, 0.2) is 0 Å². The number of thiazole rings is 1. The standard InChI is InChI=1S/C7H10N2S/c1-3-5-6(4-2)10-7(8)9-5/h3-4H,1-2H3,(H2,8,9)/b5-3+,6-4+. The smallest absolute Gasteiger partial charge is 0.181 e. The van der Waals surface area contributed by atoms with E-state index in [4.69, 9.17) is 5.73 Å². The van der Waals surface area contributed by atoms with Crippen molar-refractivity contribution in [2.24, 2.45) is 0 Å². The molecule has 3 heteroatoms. The molecule has 0 aromatic carbocycles. The number of nitrogens with two attached hydrogens (primary N) is 1. The molecule has 0 saturated carbocycles. The van der Waals surface area contributed by atoms with Crippen LogP contribution in [0.1, 0.15) is 13.8 Å². The van der Waals surface area contributed by atoms with Gasteiger partial charge in [0.1, 0.15) is 0 Å². The maximum atomic E-state index is 5.50. The fourth-order valence-electron chi connectivity index (χ4n) is 0.775. The van der Waals surface area contributed by atoms with Crippen LogP contribution in [0.25, 0.3) is 12.2 Å². The lowest BCUT2D eigenvalue weighted by Crippen LogP contribution is -2.19. The molecule has 2 nitrogen and oxygen atoms in total. The Hall–Kier alpha value is -0.830. The molecule has 0 aliphatic carbocycles. The third-order valence-corrected chi connectivity index (χ3v) is 2.20. The first-order valence-electron chi connectivity index (χ1n) is 3.13.